The number of aromatic nitrogens is 2. The van der Waals surface area contributed by atoms with Gasteiger partial charge in [-0.1, -0.05) is 23.7 Å². The predicted octanol–water partition coefficient (Wildman–Crippen LogP) is 5.45. The molecule has 0 aliphatic carbocycles. The van der Waals surface area contributed by atoms with Crippen molar-refractivity contribution in [2.24, 2.45) is 5.92 Å². The first kappa shape index (κ1) is 23.5. The van der Waals surface area contributed by atoms with Gasteiger partial charge in [-0.15, -0.1) is 0 Å². The molecule has 1 fully saturated rings. The zero-order valence-electron chi connectivity index (χ0n) is 17.6. The number of carbonyl (C=O) groups excluding carboxylic acids is 1. The SMILES string of the molecule is O=C(NCC1CCN(c2nc(Cc3ccc(Cl)cc3)ns2)CC1)c1ccc(C(F)(F)F)cc1. The number of nitrogens with zero attached hydrogens (tertiary/aromatic N) is 3. The van der Waals surface area contributed by atoms with E-state index in [0.29, 0.717) is 23.9 Å². The molecule has 2 heterocycles. The molecule has 10 heteroatoms. The molecule has 1 aliphatic rings. The van der Waals surface area contributed by atoms with E-state index in [0.717, 1.165) is 54.6 Å². The van der Waals surface area contributed by atoms with Gasteiger partial charge in [-0.05, 0) is 60.7 Å². The van der Waals surface area contributed by atoms with Crippen molar-refractivity contribution in [1.29, 1.82) is 0 Å². The first-order valence-corrected chi connectivity index (χ1v) is 11.7. The number of benzene rings is 2. The van der Waals surface area contributed by atoms with Gasteiger partial charge in [0.15, 0.2) is 0 Å². The summed E-state index contributed by atoms with van der Waals surface area (Å²) in [5.74, 6) is 0.728. The molecule has 0 spiro atoms. The Morgan fingerprint density at radius 3 is 2.39 bits per heavy atom. The highest BCUT2D eigenvalue weighted by Gasteiger charge is 2.30. The first-order valence-electron chi connectivity index (χ1n) is 10.6. The van der Waals surface area contributed by atoms with E-state index in [1.54, 1.807) is 0 Å². The largest absolute Gasteiger partial charge is 0.416 e. The predicted molar refractivity (Wildman–Crippen MR) is 123 cm³/mol. The molecular formula is C23H22ClF3N4OS. The Labute approximate surface area is 198 Å². The smallest absolute Gasteiger partial charge is 0.352 e. The number of hydrogen-bond acceptors (Lipinski definition) is 5. The van der Waals surface area contributed by atoms with Gasteiger partial charge in [-0.3, -0.25) is 4.79 Å². The molecule has 0 radical (unpaired) electrons. The van der Waals surface area contributed by atoms with Gasteiger partial charge in [0.05, 0.1) is 5.56 Å². The van der Waals surface area contributed by atoms with Gasteiger partial charge in [0.25, 0.3) is 5.91 Å². The zero-order valence-corrected chi connectivity index (χ0v) is 19.2. The quantitative estimate of drug-likeness (QED) is 0.495. The number of nitrogens with one attached hydrogen (secondary N) is 1. The van der Waals surface area contributed by atoms with Crippen LogP contribution in [0.25, 0.3) is 0 Å². The van der Waals surface area contributed by atoms with E-state index in [9.17, 15) is 18.0 Å². The monoisotopic (exact) mass is 494 g/mol. The molecule has 0 bridgehead atoms. The Morgan fingerprint density at radius 1 is 1.09 bits per heavy atom. The maximum Gasteiger partial charge on any atom is 0.416 e. The zero-order chi connectivity index (χ0) is 23.4. The lowest BCUT2D eigenvalue weighted by molar-refractivity contribution is -0.137. The van der Waals surface area contributed by atoms with Gasteiger partial charge in [-0.2, -0.15) is 17.5 Å². The Kier molecular flexibility index (Phi) is 7.19. The Bertz CT molecular complexity index is 1080. The summed E-state index contributed by atoms with van der Waals surface area (Å²) in [7, 11) is 0. The number of hydrogen-bond donors (Lipinski definition) is 1. The first-order chi connectivity index (χ1) is 15.8. The third-order valence-electron chi connectivity index (χ3n) is 5.64. The highest BCUT2D eigenvalue weighted by molar-refractivity contribution is 7.09. The number of anilines is 1. The number of alkyl halides is 3. The molecule has 2 aromatic carbocycles. The third kappa shape index (κ3) is 6.23. The Balaban J connectivity index is 1.23. The van der Waals surface area contributed by atoms with Crippen molar-refractivity contribution in [3.8, 4) is 0 Å². The van der Waals surface area contributed by atoms with Gasteiger partial charge < -0.3 is 10.2 Å². The fourth-order valence-corrected chi connectivity index (χ4v) is 4.57. The molecule has 174 valence electrons. The summed E-state index contributed by atoms with van der Waals surface area (Å²) in [5, 5.41) is 4.44. The molecule has 33 heavy (non-hydrogen) atoms. The average Bonchev–Trinajstić information content (AvgIpc) is 3.27. The van der Waals surface area contributed by atoms with Crippen molar-refractivity contribution in [3.05, 3.63) is 76.1 Å². The highest BCUT2D eigenvalue weighted by Crippen LogP contribution is 2.29. The molecule has 3 aromatic rings. The standard InChI is InChI=1S/C23H22ClF3N4OS/c24-19-7-1-15(2-8-19)13-20-29-22(33-30-20)31-11-9-16(10-12-31)14-28-21(32)17-3-5-18(6-4-17)23(25,26)27/h1-8,16H,9-14H2,(H,28,32). The molecule has 1 amide bonds. The van der Waals surface area contributed by atoms with E-state index in [-0.39, 0.29) is 11.5 Å². The molecule has 1 aliphatic heterocycles. The molecule has 5 nitrogen and oxygen atoms in total. The number of piperidine rings is 1. The van der Waals surface area contributed by atoms with E-state index >= 15 is 0 Å². The normalized spacial score (nSPS) is 15.0. The minimum atomic E-state index is -4.41. The van der Waals surface area contributed by atoms with Gasteiger partial charge >= 0.3 is 6.18 Å². The van der Waals surface area contributed by atoms with Crippen molar-refractivity contribution >= 4 is 34.2 Å². The van der Waals surface area contributed by atoms with Gasteiger partial charge in [0, 0.05) is 48.2 Å². The van der Waals surface area contributed by atoms with Crippen LogP contribution < -0.4 is 10.2 Å². The summed E-state index contributed by atoms with van der Waals surface area (Å²) < 4.78 is 42.5. The summed E-state index contributed by atoms with van der Waals surface area (Å²) in [6.07, 6.45) is -1.98. The summed E-state index contributed by atoms with van der Waals surface area (Å²) in [6, 6.07) is 11.9. The van der Waals surface area contributed by atoms with E-state index < -0.39 is 11.7 Å². The number of amides is 1. The molecule has 1 N–H and O–H groups in total. The summed E-state index contributed by atoms with van der Waals surface area (Å²) in [4.78, 5) is 19.1. The van der Waals surface area contributed by atoms with Crippen LogP contribution in [-0.2, 0) is 12.6 Å². The fraction of sp³-hybridized carbons (Fsp3) is 0.348. The van der Waals surface area contributed by atoms with Crippen LogP contribution in [0.15, 0.2) is 48.5 Å². The molecule has 0 unspecified atom stereocenters. The highest BCUT2D eigenvalue weighted by atomic mass is 35.5. The van der Waals surface area contributed by atoms with Crippen LogP contribution in [0.2, 0.25) is 5.02 Å². The van der Waals surface area contributed by atoms with Crippen molar-refractivity contribution in [1.82, 2.24) is 14.7 Å². The van der Waals surface area contributed by atoms with Crippen LogP contribution in [0.3, 0.4) is 0 Å². The van der Waals surface area contributed by atoms with E-state index in [1.165, 1.54) is 23.7 Å². The van der Waals surface area contributed by atoms with E-state index in [2.05, 4.69) is 19.6 Å². The van der Waals surface area contributed by atoms with Crippen LogP contribution in [0, 0.1) is 5.92 Å². The number of halogens is 4. The maximum atomic E-state index is 12.7. The lowest BCUT2D eigenvalue weighted by Gasteiger charge is -2.31. The Morgan fingerprint density at radius 2 is 1.76 bits per heavy atom. The summed E-state index contributed by atoms with van der Waals surface area (Å²) >= 11 is 7.31. The van der Waals surface area contributed by atoms with E-state index in [4.69, 9.17) is 11.6 Å². The average molecular weight is 495 g/mol. The lowest BCUT2D eigenvalue weighted by atomic mass is 9.97. The van der Waals surface area contributed by atoms with Gasteiger partial charge in [-0.25, -0.2) is 4.98 Å². The molecule has 0 atom stereocenters. The summed E-state index contributed by atoms with van der Waals surface area (Å²) in [6.45, 7) is 2.12. The minimum absolute atomic E-state index is 0.225. The van der Waals surface area contributed by atoms with Crippen molar-refractivity contribution in [2.75, 3.05) is 24.5 Å². The maximum absolute atomic E-state index is 12.7. The topological polar surface area (TPSA) is 58.1 Å². The lowest BCUT2D eigenvalue weighted by Crippen LogP contribution is -2.38. The second-order valence-corrected chi connectivity index (χ2v) is 9.18. The van der Waals surface area contributed by atoms with Crippen LogP contribution >= 0.6 is 23.1 Å². The molecule has 1 saturated heterocycles. The Hall–Kier alpha value is -2.65. The fourth-order valence-electron chi connectivity index (χ4n) is 3.71. The number of carbonyl (C=O) groups is 1. The molecule has 4 rings (SSSR count). The van der Waals surface area contributed by atoms with Crippen LogP contribution in [0.5, 0.6) is 0 Å². The van der Waals surface area contributed by atoms with Crippen molar-refractivity contribution < 1.29 is 18.0 Å². The number of rotatable bonds is 6. The minimum Gasteiger partial charge on any atom is -0.352 e. The second kappa shape index (κ2) is 10.1. The summed E-state index contributed by atoms with van der Waals surface area (Å²) in [5.41, 5.74) is 0.563. The third-order valence-corrected chi connectivity index (χ3v) is 6.71. The van der Waals surface area contributed by atoms with Gasteiger partial charge in [0.1, 0.15) is 5.82 Å². The molecular weight excluding hydrogens is 473 g/mol. The molecule has 1 aromatic heterocycles. The van der Waals surface area contributed by atoms with Gasteiger partial charge in [0.2, 0.25) is 5.13 Å². The molecule has 0 saturated carbocycles. The van der Waals surface area contributed by atoms with Crippen LogP contribution in [-0.4, -0.2) is 34.9 Å². The van der Waals surface area contributed by atoms with Crippen LogP contribution in [0.1, 0.15) is 40.2 Å². The van der Waals surface area contributed by atoms with Crippen molar-refractivity contribution in [3.63, 3.8) is 0 Å². The van der Waals surface area contributed by atoms with E-state index in [1.807, 2.05) is 24.3 Å². The second-order valence-electron chi connectivity index (χ2n) is 8.01. The van der Waals surface area contributed by atoms with Crippen molar-refractivity contribution in [2.45, 2.75) is 25.4 Å². The van der Waals surface area contributed by atoms with Crippen LogP contribution in [0.4, 0.5) is 18.3 Å².